The first kappa shape index (κ1) is 34.2. The average molecular weight is 639 g/mol. The lowest BCUT2D eigenvalue weighted by Gasteiger charge is -2.34. The first-order valence-electron chi connectivity index (χ1n) is 14.2. The molecule has 1 aliphatic carbocycles. The zero-order chi connectivity index (χ0) is 32.4. The van der Waals surface area contributed by atoms with E-state index in [0.29, 0.717) is 38.8 Å². The van der Waals surface area contributed by atoms with Gasteiger partial charge in [-0.15, -0.1) is 0 Å². The molecule has 44 heavy (non-hydrogen) atoms. The zero-order valence-electron chi connectivity index (χ0n) is 24.3. The second kappa shape index (κ2) is 15.5. The van der Waals surface area contributed by atoms with Gasteiger partial charge in [0, 0.05) is 32.2 Å². The molecule has 3 rings (SSSR count). The topological polar surface area (TPSA) is 236 Å². The smallest absolute Gasteiger partial charge is 0.413 e. The van der Waals surface area contributed by atoms with Crippen molar-refractivity contribution in [1.29, 1.82) is 5.41 Å². The summed E-state index contributed by atoms with van der Waals surface area (Å²) in [5.41, 5.74) is -0.523. The lowest BCUT2D eigenvalue weighted by atomic mass is 9.98. The minimum absolute atomic E-state index is 0.121. The number of carboxylic acids is 2. The standard InChI is InChI=1S/C27H38N6O10S/c1-2-43-27(40)30-26(28)32-12-5-6-17(16-32)15-29-22(34)14-20(24(37)33(18-9-10-18)13-11-23(35)36)31-44(41,42)21-8-4-3-7-19(21)25(38)39/h3-4,7-8,17-18,20,31H,2,5-6,9-16H2,1H3,(H,29,34)(H,35,36)(H,38,39)(H2,28,30,40)/t17-,20-/m0/s1. The van der Waals surface area contributed by atoms with Crippen molar-refractivity contribution in [2.75, 3.05) is 32.8 Å². The molecule has 0 radical (unpaired) electrons. The number of carboxylic acid groups (broad SMARTS) is 2. The highest BCUT2D eigenvalue weighted by Gasteiger charge is 2.39. The Hall–Kier alpha value is -4.25. The molecule has 1 saturated heterocycles. The highest BCUT2D eigenvalue weighted by molar-refractivity contribution is 7.89. The number of aromatic carboxylic acids is 1. The third-order valence-corrected chi connectivity index (χ3v) is 8.68. The van der Waals surface area contributed by atoms with Gasteiger partial charge in [0.2, 0.25) is 27.8 Å². The third-order valence-electron chi connectivity index (χ3n) is 7.15. The molecule has 6 N–H and O–H groups in total. The van der Waals surface area contributed by atoms with E-state index < -0.39 is 62.8 Å². The van der Waals surface area contributed by atoms with E-state index in [2.05, 4.69) is 15.4 Å². The summed E-state index contributed by atoms with van der Waals surface area (Å²) >= 11 is 0. The fourth-order valence-electron chi connectivity index (χ4n) is 4.88. The summed E-state index contributed by atoms with van der Waals surface area (Å²) in [6, 6.07) is 2.90. The number of hydrogen-bond donors (Lipinski definition) is 6. The number of piperidine rings is 1. The van der Waals surface area contributed by atoms with Crippen molar-refractivity contribution in [3.05, 3.63) is 29.8 Å². The van der Waals surface area contributed by atoms with Crippen LogP contribution in [0.5, 0.6) is 0 Å². The molecule has 1 aromatic rings. The van der Waals surface area contributed by atoms with Crippen LogP contribution in [0.3, 0.4) is 0 Å². The minimum Gasteiger partial charge on any atom is -0.481 e. The van der Waals surface area contributed by atoms with Gasteiger partial charge in [0.25, 0.3) is 0 Å². The van der Waals surface area contributed by atoms with Crippen molar-refractivity contribution < 1.29 is 47.3 Å². The van der Waals surface area contributed by atoms with Gasteiger partial charge in [0.05, 0.1) is 29.9 Å². The number of amides is 3. The van der Waals surface area contributed by atoms with Crippen molar-refractivity contribution in [2.24, 2.45) is 5.92 Å². The van der Waals surface area contributed by atoms with E-state index in [9.17, 15) is 37.5 Å². The van der Waals surface area contributed by atoms with Gasteiger partial charge in [-0.2, -0.15) is 4.72 Å². The fraction of sp³-hybridized carbons (Fsp3) is 0.556. The van der Waals surface area contributed by atoms with Crippen molar-refractivity contribution in [3.63, 3.8) is 0 Å². The molecule has 0 unspecified atom stereocenters. The largest absolute Gasteiger partial charge is 0.481 e. The van der Waals surface area contributed by atoms with Crippen LogP contribution in [-0.4, -0.2) is 109 Å². The van der Waals surface area contributed by atoms with Crippen LogP contribution in [-0.2, 0) is 29.1 Å². The molecule has 1 aromatic carbocycles. The molecule has 3 amide bonds. The summed E-state index contributed by atoms with van der Waals surface area (Å²) in [5.74, 6) is -4.36. The molecule has 2 atom stereocenters. The number of hydrogen-bond acceptors (Lipinski definition) is 9. The number of sulfonamides is 1. The molecular weight excluding hydrogens is 600 g/mol. The molecule has 0 bridgehead atoms. The highest BCUT2D eigenvalue weighted by Crippen LogP contribution is 2.28. The molecule has 16 nitrogen and oxygen atoms in total. The molecule has 1 saturated carbocycles. The van der Waals surface area contributed by atoms with Crippen molar-refractivity contribution in [2.45, 2.75) is 62.4 Å². The summed E-state index contributed by atoms with van der Waals surface area (Å²) in [4.78, 5) is 63.5. The zero-order valence-corrected chi connectivity index (χ0v) is 25.1. The van der Waals surface area contributed by atoms with Crippen LogP contribution in [0.25, 0.3) is 0 Å². The number of nitrogens with zero attached hydrogens (tertiary/aromatic N) is 2. The maximum Gasteiger partial charge on any atom is 0.413 e. The Labute approximate surface area is 254 Å². The Morgan fingerprint density at radius 3 is 2.48 bits per heavy atom. The molecule has 2 fully saturated rings. The number of carbonyl (C=O) groups is 5. The molecule has 0 aromatic heterocycles. The predicted molar refractivity (Wildman–Crippen MR) is 154 cm³/mol. The summed E-state index contributed by atoms with van der Waals surface area (Å²) < 4.78 is 33.6. The number of rotatable bonds is 14. The van der Waals surface area contributed by atoms with Gasteiger partial charge in [-0.3, -0.25) is 25.1 Å². The molecular formula is C27H38N6O10S. The number of carbonyl (C=O) groups excluding carboxylic acids is 3. The quantitative estimate of drug-likeness (QED) is 0.120. The maximum absolute atomic E-state index is 13.6. The summed E-state index contributed by atoms with van der Waals surface area (Å²) in [6.45, 7) is 2.60. The monoisotopic (exact) mass is 638 g/mol. The highest BCUT2D eigenvalue weighted by atomic mass is 32.2. The molecule has 1 heterocycles. The summed E-state index contributed by atoms with van der Waals surface area (Å²) in [5, 5.41) is 31.8. The average Bonchev–Trinajstić information content (AvgIpc) is 3.81. The normalized spacial score (nSPS) is 17.2. The van der Waals surface area contributed by atoms with Gasteiger partial charge in [-0.05, 0) is 50.7 Å². The van der Waals surface area contributed by atoms with Crippen molar-refractivity contribution >= 4 is 45.8 Å². The maximum atomic E-state index is 13.6. The van der Waals surface area contributed by atoms with E-state index in [0.717, 1.165) is 12.1 Å². The van der Waals surface area contributed by atoms with Gasteiger partial charge in [0.1, 0.15) is 6.04 Å². The number of likely N-dealkylation sites (tertiary alicyclic amines) is 1. The Morgan fingerprint density at radius 1 is 1.14 bits per heavy atom. The Kier molecular flexibility index (Phi) is 12.0. The van der Waals surface area contributed by atoms with Gasteiger partial charge in [-0.1, -0.05) is 12.1 Å². The van der Waals surface area contributed by atoms with E-state index in [1.165, 1.54) is 17.0 Å². The summed E-state index contributed by atoms with van der Waals surface area (Å²) in [7, 11) is -4.61. The van der Waals surface area contributed by atoms with Crippen LogP contribution in [0, 0.1) is 11.3 Å². The first-order chi connectivity index (χ1) is 20.8. The predicted octanol–water partition coefficient (Wildman–Crippen LogP) is 0.397. The number of guanidine groups is 1. The lowest BCUT2D eigenvalue weighted by molar-refractivity contribution is -0.140. The van der Waals surface area contributed by atoms with E-state index in [-0.39, 0.29) is 44.0 Å². The minimum atomic E-state index is -4.61. The van der Waals surface area contributed by atoms with Crippen molar-refractivity contribution in [3.8, 4) is 0 Å². The Balaban J connectivity index is 1.72. The van der Waals surface area contributed by atoms with E-state index in [1.54, 1.807) is 11.8 Å². The van der Waals surface area contributed by atoms with E-state index >= 15 is 0 Å². The van der Waals surface area contributed by atoms with Crippen LogP contribution >= 0.6 is 0 Å². The number of aliphatic carboxylic acids is 1. The SMILES string of the molecule is CCOC(=O)NC(=N)N1CCC[C@@H](CNC(=O)C[C@H](NS(=O)(=O)c2ccccc2C(=O)O)C(=O)N(CCC(=O)O)C2CC2)C1. The van der Waals surface area contributed by atoms with Crippen LogP contribution in [0.15, 0.2) is 29.2 Å². The summed E-state index contributed by atoms with van der Waals surface area (Å²) in [6.07, 6.45) is 0.815. The van der Waals surface area contributed by atoms with Gasteiger partial charge < -0.3 is 30.1 Å². The number of benzene rings is 1. The Bertz CT molecular complexity index is 1370. The van der Waals surface area contributed by atoms with Crippen LogP contribution in [0.2, 0.25) is 0 Å². The molecule has 242 valence electrons. The third kappa shape index (κ3) is 9.90. The number of ether oxygens (including phenoxy) is 1. The van der Waals surface area contributed by atoms with Crippen LogP contribution in [0.4, 0.5) is 4.79 Å². The lowest BCUT2D eigenvalue weighted by Crippen LogP contribution is -2.52. The number of alkyl carbamates (subject to hydrolysis) is 1. The van der Waals surface area contributed by atoms with Gasteiger partial charge >= 0.3 is 18.0 Å². The van der Waals surface area contributed by atoms with Gasteiger partial charge in [0.15, 0.2) is 0 Å². The van der Waals surface area contributed by atoms with E-state index in [1.807, 2.05) is 0 Å². The Morgan fingerprint density at radius 2 is 1.84 bits per heavy atom. The van der Waals surface area contributed by atoms with Crippen molar-refractivity contribution in [1.82, 2.24) is 25.2 Å². The van der Waals surface area contributed by atoms with Crippen LogP contribution in [0.1, 0.15) is 55.8 Å². The van der Waals surface area contributed by atoms with E-state index in [4.69, 9.17) is 15.3 Å². The fourth-order valence-corrected chi connectivity index (χ4v) is 6.26. The molecule has 0 spiro atoms. The van der Waals surface area contributed by atoms with Crippen LogP contribution < -0.4 is 15.4 Å². The molecule has 17 heteroatoms. The molecule has 2 aliphatic rings. The number of nitrogens with one attached hydrogen (secondary N) is 4. The second-order valence-corrected chi connectivity index (χ2v) is 12.2. The molecule has 1 aliphatic heterocycles. The first-order valence-corrected chi connectivity index (χ1v) is 15.7. The second-order valence-electron chi connectivity index (χ2n) is 10.5. The van der Waals surface area contributed by atoms with Gasteiger partial charge in [-0.25, -0.2) is 18.0 Å².